The van der Waals surface area contributed by atoms with Crippen molar-refractivity contribution in [2.75, 3.05) is 25.2 Å². The first-order valence-electron chi connectivity index (χ1n) is 9.82. The third kappa shape index (κ3) is 4.75. The summed E-state index contributed by atoms with van der Waals surface area (Å²) in [6.45, 7) is 4.82. The van der Waals surface area contributed by atoms with Crippen molar-refractivity contribution in [2.45, 2.75) is 24.4 Å². The number of fused-ring (bicyclic) bond motifs is 1. The Morgan fingerprint density at radius 1 is 1.19 bits per heavy atom. The zero-order valence-corrected chi connectivity index (χ0v) is 18.7. The van der Waals surface area contributed by atoms with Crippen LogP contribution in [0.5, 0.6) is 5.75 Å². The van der Waals surface area contributed by atoms with Gasteiger partial charge in [0, 0.05) is 19.2 Å². The number of anilines is 1. The number of sulfonamides is 1. The van der Waals surface area contributed by atoms with Gasteiger partial charge in [-0.1, -0.05) is 24.8 Å². The van der Waals surface area contributed by atoms with Gasteiger partial charge in [0.1, 0.15) is 18.4 Å². The van der Waals surface area contributed by atoms with Crippen molar-refractivity contribution in [3.8, 4) is 5.75 Å². The second kappa shape index (κ2) is 9.82. The molecular formula is C23H24N2O6S. The second-order valence-corrected chi connectivity index (χ2v) is 8.93. The molecule has 0 aromatic heterocycles. The van der Waals surface area contributed by atoms with Gasteiger partial charge in [-0.2, -0.15) is 4.31 Å². The minimum absolute atomic E-state index is 0.00762. The van der Waals surface area contributed by atoms with E-state index >= 15 is 0 Å². The topological polar surface area (TPSA) is 93.2 Å². The predicted octanol–water partition coefficient (Wildman–Crippen LogP) is 2.51. The average Bonchev–Trinajstić information content (AvgIpc) is 2.97. The van der Waals surface area contributed by atoms with E-state index in [9.17, 15) is 18.0 Å². The summed E-state index contributed by atoms with van der Waals surface area (Å²) in [4.78, 5) is 26.3. The highest BCUT2D eigenvalue weighted by atomic mass is 32.2. The van der Waals surface area contributed by atoms with Crippen LogP contribution in [0.25, 0.3) is 0 Å². The molecule has 168 valence electrons. The fourth-order valence-electron chi connectivity index (χ4n) is 3.47. The van der Waals surface area contributed by atoms with E-state index in [1.165, 1.54) is 43.2 Å². The van der Waals surface area contributed by atoms with E-state index < -0.39 is 22.0 Å². The first-order chi connectivity index (χ1) is 15.3. The minimum Gasteiger partial charge on any atom is -0.489 e. The van der Waals surface area contributed by atoms with Crippen molar-refractivity contribution in [3.63, 3.8) is 0 Å². The Hall–Kier alpha value is -3.39. The number of amides is 1. The first-order valence-corrected chi connectivity index (χ1v) is 11.3. The lowest BCUT2D eigenvalue weighted by Gasteiger charge is -2.29. The molecule has 0 aliphatic carbocycles. The molecule has 2 aromatic carbocycles. The van der Waals surface area contributed by atoms with Crippen LogP contribution in [-0.4, -0.2) is 50.9 Å². The molecule has 1 unspecified atom stereocenters. The van der Waals surface area contributed by atoms with E-state index in [1.54, 1.807) is 30.3 Å². The minimum atomic E-state index is -4.11. The molecule has 1 amide bonds. The van der Waals surface area contributed by atoms with E-state index in [-0.39, 0.29) is 30.5 Å². The molecule has 1 atom stereocenters. The van der Waals surface area contributed by atoms with Crippen molar-refractivity contribution in [3.05, 3.63) is 72.5 Å². The Balaban J connectivity index is 2.03. The summed E-state index contributed by atoms with van der Waals surface area (Å²) in [6, 6.07) is 11.6. The van der Waals surface area contributed by atoms with E-state index in [1.807, 2.05) is 0 Å². The number of benzene rings is 2. The fraction of sp³-hybridized carbons (Fsp3) is 0.261. The maximum Gasteiger partial charge on any atom is 0.326 e. The number of carbonyl (C=O) groups excluding carboxylic acids is 2. The van der Waals surface area contributed by atoms with E-state index in [0.717, 1.165) is 4.31 Å². The van der Waals surface area contributed by atoms with Gasteiger partial charge in [-0.15, -0.1) is 5.73 Å². The highest BCUT2D eigenvalue weighted by Crippen LogP contribution is 2.32. The zero-order valence-electron chi connectivity index (χ0n) is 17.9. The standard InChI is InChI=1S/C23H24N2O6S/c1-4-5-14-31-19-10-12-20(13-11-19)32(28,29)25-15-18-8-6-7-9-21(18)24(17(2)26)16-22(25)23(27)30-3/h5-13,22H,1,14-16H2,2-3H3. The van der Waals surface area contributed by atoms with Crippen LogP contribution in [-0.2, 0) is 30.9 Å². The molecule has 1 heterocycles. The maximum atomic E-state index is 13.6. The van der Waals surface area contributed by atoms with Crippen molar-refractivity contribution in [2.24, 2.45) is 0 Å². The number of methoxy groups -OCH3 is 1. The molecule has 8 nitrogen and oxygen atoms in total. The molecule has 0 bridgehead atoms. The van der Waals surface area contributed by atoms with Crippen LogP contribution >= 0.6 is 0 Å². The Labute approximate surface area is 187 Å². The molecule has 2 aromatic rings. The van der Waals surface area contributed by atoms with E-state index in [0.29, 0.717) is 17.0 Å². The number of hydrogen-bond donors (Lipinski definition) is 0. The highest BCUT2D eigenvalue weighted by molar-refractivity contribution is 7.89. The van der Waals surface area contributed by atoms with Gasteiger partial charge in [0.2, 0.25) is 15.9 Å². The molecule has 0 saturated carbocycles. The van der Waals surface area contributed by atoms with Gasteiger partial charge in [-0.25, -0.2) is 8.42 Å². The third-order valence-corrected chi connectivity index (χ3v) is 6.94. The normalized spacial score (nSPS) is 16.3. The van der Waals surface area contributed by atoms with Crippen LogP contribution < -0.4 is 9.64 Å². The lowest BCUT2D eigenvalue weighted by Crippen LogP contribution is -2.50. The second-order valence-electron chi connectivity index (χ2n) is 7.04. The summed E-state index contributed by atoms with van der Waals surface area (Å²) in [5.74, 6) is -0.576. The van der Waals surface area contributed by atoms with Crippen LogP contribution in [0.4, 0.5) is 5.69 Å². The first kappa shape index (κ1) is 23.3. The molecule has 0 N–H and O–H groups in total. The lowest BCUT2D eigenvalue weighted by atomic mass is 10.1. The molecule has 32 heavy (non-hydrogen) atoms. The van der Waals surface area contributed by atoms with Crippen LogP contribution in [0.15, 0.2) is 71.8 Å². The van der Waals surface area contributed by atoms with Crippen LogP contribution in [0.3, 0.4) is 0 Å². The van der Waals surface area contributed by atoms with E-state index in [2.05, 4.69) is 12.3 Å². The van der Waals surface area contributed by atoms with Crippen LogP contribution in [0, 0.1) is 0 Å². The molecule has 0 radical (unpaired) electrons. The summed E-state index contributed by atoms with van der Waals surface area (Å²) in [6.07, 6.45) is 1.60. The summed E-state index contributed by atoms with van der Waals surface area (Å²) >= 11 is 0. The maximum absolute atomic E-state index is 13.6. The number of esters is 1. The predicted molar refractivity (Wildman–Crippen MR) is 119 cm³/mol. The number of para-hydroxylation sites is 1. The molecule has 9 heteroatoms. The number of carbonyl (C=O) groups is 2. The van der Waals surface area contributed by atoms with E-state index in [4.69, 9.17) is 9.47 Å². The smallest absolute Gasteiger partial charge is 0.326 e. The fourth-order valence-corrected chi connectivity index (χ4v) is 5.01. The Kier molecular flexibility index (Phi) is 7.15. The van der Waals surface area contributed by atoms with Gasteiger partial charge in [0.15, 0.2) is 0 Å². The monoisotopic (exact) mass is 456 g/mol. The summed E-state index contributed by atoms with van der Waals surface area (Å²) < 4.78 is 38.6. The largest absolute Gasteiger partial charge is 0.489 e. The molecule has 0 saturated heterocycles. The third-order valence-electron chi connectivity index (χ3n) is 5.07. The Morgan fingerprint density at radius 2 is 1.88 bits per heavy atom. The lowest BCUT2D eigenvalue weighted by molar-refractivity contribution is -0.144. The van der Waals surface area contributed by atoms with Crippen molar-refractivity contribution >= 4 is 27.6 Å². The van der Waals surface area contributed by atoms with Crippen LogP contribution in [0.1, 0.15) is 12.5 Å². The summed E-state index contributed by atoms with van der Waals surface area (Å²) in [5.41, 5.74) is 3.75. The number of ether oxygens (including phenoxy) is 2. The number of rotatable bonds is 6. The van der Waals surface area contributed by atoms with Gasteiger partial charge in [0.05, 0.1) is 18.6 Å². The van der Waals surface area contributed by atoms with Gasteiger partial charge < -0.3 is 14.4 Å². The van der Waals surface area contributed by atoms with Gasteiger partial charge in [0.25, 0.3) is 0 Å². The SMILES string of the molecule is C=C=CCOc1ccc(S(=O)(=O)N2Cc3ccccc3N(C(C)=O)CC2C(=O)OC)cc1. The summed E-state index contributed by atoms with van der Waals surface area (Å²) in [7, 11) is -2.93. The molecular weight excluding hydrogens is 432 g/mol. The van der Waals surface area contributed by atoms with Crippen molar-refractivity contribution in [1.29, 1.82) is 0 Å². The zero-order chi connectivity index (χ0) is 23.3. The number of hydrogen-bond acceptors (Lipinski definition) is 6. The van der Waals surface area contributed by atoms with Gasteiger partial charge in [-0.3, -0.25) is 9.59 Å². The molecule has 3 rings (SSSR count). The average molecular weight is 457 g/mol. The van der Waals surface area contributed by atoms with Gasteiger partial charge in [-0.05, 0) is 42.0 Å². The molecule has 0 fully saturated rings. The quantitative estimate of drug-likeness (QED) is 0.490. The molecule has 1 aliphatic heterocycles. The Morgan fingerprint density at radius 3 is 2.50 bits per heavy atom. The molecule has 1 aliphatic rings. The molecule has 0 spiro atoms. The van der Waals surface area contributed by atoms with Gasteiger partial charge >= 0.3 is 5.97 Å². The van der Waals surface area contributed by atoms with Crippen molar-refractivity contribution in [1.82, 2.24) is 4.31 Å². The number of nitrogens with zero attached hydrogens (tertiary/aromatic N) is 2. The van der Waals surface area contributed by atoms with Crippen molar-refractivity contribution < 1.29 is 27.5 Å². The summed E-state index contributed by atoms with van der Waals surface area (Å²) in [5, 5.41) is 0. The van der Waals surface area contributed by atoms with Crippen LogP contribution in [0.2, 0.25) is 0 Å². The Bertz CT molecular complexity index is 1150. The highest BCUT2D eigenvalue weighted by Gasteiger charge is 2.41.